The van der Waals surface area contributed by atoms with Gasteiger partial charge in [-0.2, -0.15) is 0 Å². The molecule has 0 unspecified atom stereocenters. The summed E-state index contributed by atoms with van der Waals surface area (Å²) < 4.78 is 34.5. The zero-order valence-electron chi connectivity index (χ0n) is 19.7. The van der Waals surface area contributed by atoms with Crippen LogP contribution < -0.4 is 20.1 Å². The number of aromatic nitrogens is 3. The maximum Gasteiger partial charge on any atom is 0.272 e. The molecule has 190 valence electrons. The number of carbonyl (C=O) groups excluding carboxylic acids is 2. The van der Waals surface area contributed by atoms with Gasteiger partial charge < -0.3 is 20.4 Å². The molecule has 4 N–H and O–H groups in total. The second kappa shape index (κ2) is 9.16. The monoisotopic (exact) mass is 528 g/mol. The summed E-state index contributed by atoms with van der Waals surface area (Å²) in [4.78, 5) is 35.9. The van der Waals surface area contributed by atoms with Gasteiger partial charge in [-0.05, 0) is 29.1 Å². The molecule has 0 radical (unpaired) electrons. The summed E-state index contributed by atoms with van der Waals surface area (Å²) in [6.07, 6.45) is 2.64. The molecule has 3 heterocycles. The van der Waals surface area contributed by atoms with Gasteiger partial charge in [0.1, 0.15) is 17.6 Å². The number of aromatic amines is 1. The van der Waals surface area contributed by atoms with Crippen molar-refractivity contribution in [2.45, 2.75) is 11.4 Å². The van der Waals surface area contributed by atoms with Gasteiger partial charge in [0.15, 0.2) is 12.3 Å². The number of hydrogen-bond acceptors (Lipinski definition) is 7. The van der Waals surface area contributed by atoms with Crippen LogP contribution in [0.3, 0.4) is 0 Å². The number of anilines is 2. The highest BCUT2D eigenvalue weighted by Crippen LogP contribution is 2.30. The number of hydrogen-bond donors (Lipinski definition) is 4. The van der Waals surface area contributed by atoms with Gasteiger partial charge in [0.2, 0.25) is 0 Å². The summed E-state index contributed by atoms with van der Waals surface area (Å²) in [5.74, 6) is -0.177. The topological polar surface area (TPSA) is 155 Å². The van der Waals surface area contributed by atoms with Gasteiger partial charge in [0.25, 0.3) is 21.8 Å². The van der Waals surface area contributed by atoms with E-state index >= 15 is 0 Å². The predicted molar refractivity (Wildman–Crippen MR) is 140 cm³/mol. The van der Waals surface area contributed by atoms with Crippen LogP contribution in [0, 0.1) is 0 Å². The third-order valence-electron chi connectivity index (χ3n) is 6.09. The molecule has 5 aromatic rings. The lowest BCUT2D eigenvalue weighted by Gasteiger charge is -2.18. The number of benzene rings is 3. The summed E-state index contributed by atoms with van der Waals surface area (Å²) in [6.45, 7) is 0.123. The lowest BCUT2D eigenvalue weighted by molar-refractivity contribution is -0.118. The van der Waals surface area contributed by atoms with Crippen molar-refractivity contribution in [3.8, 4) is 5.75 Å². The van der Waals surface area contributed by atoms with E-state index in [1.165, 1.54) is 18.6 Å². The van der Waals surface area contributed by atoms with Crippen molar-refractivity contribution in [3.63, 3.8) is 0 Å². The smallest absolute Gasteiger partial charge is 0.272 e. The van der Waals surface area contributed by atoms with E-state index in [1.807, 2.05) is 18.2 Å². The number of H-pyrrole nitrogens is 1. The first-order valence-corrected chi connectivity index (χ1v) is 13.0. The Labute approximate surface area is 216 Å². The van der Waals surface area contributed by atoms with E-state index in [2.05, 4.69) is 30.3 Å². The van der Waals surface area contributed by atoms with E-state index in [9.17, 15) is 18.0 Å². The maximum absolute atomic E-state index is 13.3. The molecule has 1 aliphatic heterocycles. The minimum Gasteiger partial charge on any atom is -0.482 e. The molecule has 0 bridgehead atoms. The van der Waals surface area contributed by atoms with Crippen molar-refractivity contribution >= 4 is 55.0 Å². The Morgan fingerprint density at radius 2 is 1.89 bits per heavy atom. The van der Waals surface area contributed by atoms with Crippen molar-refractivity contribution < 1.29 is 22.7 Å². The Balaban J connectivity index is 1.24. The summed E-state index contributed by atoms with van der Waals surface area (Å²) in [5, 5.41) is 6.90. The molecule has 0 aliphatic carbocycles. The molecule has 38 heavy (non-hydrogen) atoms. The first-order chi connectivity index (χ1) is 18.4. The molecule has 12 heteroatoms. The number of rotatable bonds is 6. The maximum atomic E-state index is 13.3. The first-order valence-electron chi connectivity index (χ1n) is 11.6. The van der Waals surface area contributed by atoms with Gasteiger partial charge in [0.05, 0.1) is 21.8 Å². The van der Waals surface area contributed by atoms with Gasteiger partial charge in [-0.3, -0.25) is 14.3 Å². The Kier molecular flexibility index (Phi) is 5.65. The van der Waals surface area contributed by atoms with E-state index in [0.717, 1.165) is 10.9 Å². The van der Waals surface area contributed by atoms with Crippen LogP contribution in [0.5, 0.6) is 5.75 Å². The van der Waals surface area contributed by atoms with Gasteiger partial charge in [0, 0.05) is 18.1 Å². The van der Waals surface area contributed by atoms with Gasteiger partial charge in [-0.25, -0.2) is 18.4 Å². The minimum atomic E-state index is -3.96. The van der Waals surface area contributed by atoms with E-state index in [4.69, 9.17) is 4.74 Å². The van der Waals surface area contributed by atoms with Crippen molar-refractivity contribution in [1.29, 1.82) is 0 Å². The molecule has 0 saturated carbocycles. The highest BCUT2D eigenvalue weighted by Gasteiger charge is 2.22. The second-order valence-electron chi connectivity index (χ2n) is 8.58. The van der Waals surface area contributed by atoms with Gasteiger partial charge in [-0.1, -0.05) is 42.5 Å². The molecule has 2 amide bonds. The molecular formula is C26H20N6O5S. The predicted octanol–water partition coefficient (Wildman–Crippen LogP) is 3.17. The van der Waals surface area contributed by atoms with E-state index in [1.54, 1.807) is 36.4 Å². The third-order valence-corrected chi connectivity index (χ3v) is 7.52. The van der Waals surface area contributed by atoms with Crippen LogP contribution in [0.25, 0.3) is 21.8 Å². The molecule has 1 aliphatic rings. The van der Waals surface area contributed by atoms with Crippen LogP contribution in [0.4, 0.5) is 11.4 Å². The molecule has 0 spiro atoms. The Morgan fingerprint density at radius 1 is 1.05 bits per heavy atom. The van der Waals surface area contributed by atoms with Gasteiger partial charge >= 0.3 is 0 Å². The lowest BCUT2D eigenvalue weighted by atomic mass is 10.1. The Morgan fingerprint density at radius 3 is 2.79 bits per heavy atom. The van der Waals surface area contributed by atoms with E-state index in [-0.39, 0.29) is 46.4 Å². The van der Waals surface area contributed by atoms with Crippen LogP contribution in [0.15, 0.2) is 78.1 Å². The zero-order valence-corrected chi connectivity index (χ0v) is 20.5. The molecule has 0 atom stereocenters. The van der Waals surface area contributed by atoms with Crippen LogP contribution in [-0.4, -0.2) is 41.8 Å². The number of fused-ring (bicyclic) bond motifs is 3. The zero-order chi connectivity index (χ0) is 26.3. The van der Waals surface area contributed by atoms with Crippen molar-refractivity contribution in [1.82, 2.24) is 20.3 Å². The second-order valence-corrected chi connectivity index (χ2v) is 10.2. The molecule has 11 nitrogen and oxygen atoms in total. The fourth-order valence-corrected chi connectivity index (χ4v) is 5.61. The van der Waals surface area contributed by atoms with Gasteiger partial charge in [-0.15, -0.1) is 0 Å². The number of sulfonamides is 1. The molecule has 3 aromatic carbocycles. The fraction of sp³-hybridized carbons (Fsp3) is 0.0769. The summed E-state index contributed by atoms with van der Waals surface area (Å²) >= 11 is 0. The third kappa shape index (κ3) is 4.26. The normalized spacial score (nSPS) is 13.0. The van der Waals surface area contributed by atoms with Crippen molar-refractivity contribution in [2.24, 2.45) is 0 Å². The fourth-order valence-electron chi connectivity index (χ4n) is 4.33. The average molecular weight is 529 g/mol. The average Bonchev–Trinajstić information content (AvgIpc) is 3.33. The van der Waals surface area contributed by atoms with Crippen molar-refractivity contribution in [2.75, 3.05) is 16.6 Å². The Hall–Kier alpha value is -4.97. The first kappa shape index (κ1) is 23.4. The van der Waals surface area contributed by atoms with Crippen LogP contribution in [-0.2, 0) is 21.4 Å². The summed E-state index contributed by atoms with van der Waals surface area (Å²) in [7, 11) is -3.96. The number of nitrogens with zero attached hydrogens (tertiary/aromatic N) is 2. The number of carbonyl (C=O) groups is 2. The van der Waals surface area contributed by atoms with E-state index < -0.39 is 15.9 Å². The van der Waals surface area contributed by atoms with Crippen LogP contribution >= 0.6 is 0 Å². The van der Waals surface area contributed by atoms with E-state index in [0.29, 0.717) is 16.8 Å². The summed E-state index contributed by atoms with van der Waals surface area (Å²) in [5.41, 5.74) is 2.05. The molecule has 6 rings (SSSR count). The van der Waals surface area contributed by atoms with Crippen molar-refractivity contribution in [3.05, 3.63) is 84.4 Å². The highest BCUT2D eigenvalue weighted by molar-refractivity contribution is 7.93. The molecule has 2 aromatic heterocycles. The molecule has 0 fully saturated rings. The quantitative estimate of drug-likeness (QED) is 0.264. The minimum absolute atomic E-state index is 0.0387. The summed E-state index contributed by atoms with van der Waals surface area (Å²) in [6, 6.07) is 17.5. The molecular weight excluding hydrogens is 508 g/mol. The molecule has 0 saturated heterocycles. The number of nitrogens with one attached hydrogen (secondary N) is 4. The SMILES string of the molecule is O=C1COc2ccc(CNC(=O)c3ncnc4c(NS(=O)(=O)c5cccc6ccccc56)c[nH]c34)cc2N1. The van der Waals surface area contributed by atoms with Crippen LogP contribution in [0.2, 0.25) is 0 Å². The highest BCUT2D eigenvalue weighted by atomic mass is 32.2. The largest absolute Gasteiger partial charge is 0.482 e. The standard InChI is InChI=1S/C26H20N6O5S/c33-22-13-37-20-9-8-15(10-18(20)31-22)11-28-26(34)25-24-23(29-14-30-25)19(12-27-24)32-38(35,36)21-7-3-5-16-4-1-2-6-17(16)21/h1-10,12,14,27,32H,11,13H2,(H,28,34)(H,31,33). The van der Waals surface area contributed by atoms with Crippen LogP contribution in [0.1, 0.15) is 16.1 Å². The number of amides is 2. The lowest BCUT2D eigenvalue weighted by Crippen LogP contribution is -2.26. The number of ether oxygens (including phenoxy) is 1. The Bertz CT molecular complexity index is 1840.